The van der Waals surface area contributed by atoms with Crippen molar-refractivity contribution >= 4 is 0 Å². The monoisotopic (exact) mass is 348 g/mol. The molecule has 0 unspecified atom stereocenters. The van der Waals surface area contributed by atoms with Crippen molar-refractivity contribution in [2.45, 2.75) is 18.8 Å². The first-order valence-electron chi connectivity index (χ1n) is 8.57. The third-order valence-electron chi connectivity index (χ3n) is 4.33. The van der Waals surface area contributed by atoms with Crippen molar-refractivity contribution in [1.82, 2.24) is 10.1 Å². The van der Waals surface area contributed by atoms with Crippen LogP contribution in [0.3, 0.4) is 0 Å². The molecule has 2 heterocycles. The normalized spacial score (nSPS) is 14.7. The van der Waals surface area contributed by atoms with E-state index in [4.69, 9.17) is 9.26 Å². The Morgan fingerprint density at radius 2 is 1.73 bits per heavy atom. The fraction of sp³-hybridized carbons (Fsp3) is 0.238. The Balaban J connectivity index is 1.49. The van der Waals surface area contributed by atoms with E-state index in [0.29, 0.717) is 17.3 Å². The zero-order valence-corrected chi connectivity index (χ0v) is 14.1. The van der Waals surface area contributed by atoms with Crippen molar-refractivity contribution < 1.29 is 13.7 Å². The highest BCUT2D eigenvalue weighted by molar-refractivity contribution is 5.56. The molecule has 4 rings (SSSR count). The maximum atomic E-state index is 13.2. The Morgan fingerprint density at radius 1 is 0.962 bits per heavy atom. The molecular formula is C21H17FN2O2. The number of halogens is 1. The van der Waals surface area contributed by atoms with Crippen molar-refractivity contribution in [2.24, 2.45) is 0 Å². The van der Waals surface area contributed by atoms with Crippen LogP contribution in [0.25, 0.3) is 11.4 Å². The van der Waals surface area contributed by atoms with Gasteiger partial charge in [0.2, 0.25) is 11.7 Å². The van der Waals surface area contributed by atoms with Crippen LogP contribution in [0.1, 0.15) is 35.8 Å². The largest absolute Gasteiger partial charge is 0.381 e. The fourth-order valence-corrected chi connectivity index (χ4v) is 2.88. The summed E-state index contributed by atoms with van der Waals surface area (Å²) in [4.78, 5) is 4.53. The maximum Gasteiger partial charge on any atom is 0.230 e. The third kappa shape index (κ3) is 3.81. The van der Waals surface area contributed by atoms with Gasteiger partial charge in [0.05, 0.1) is 0 Å². The number of hydrogen-bond acceptors (Lipinski definition) is 4. The molecule has 0 amide bonds. The predicted molar refractivity (Wildman–Crippen MR) is 94.9 cm³/mol. The molecule has 1 fully saturated rings. The summed E-state index contributed by atoms with van der Waals surface area (Å²) in [5.74, 6) is 7.24. The molecule has 4 nitrogen and oxygen atoms in total. The summed E-state index contributed by atoms with van der Waals surface area (Å²) in [5, 5.41) is 4.09. The summed E-state index contributed by atoms with van der Waals surface area (Å²) in [7, 11) is 0. The molecule has 0 spiro atoms. The van der Waals surface area contributed by atoms with Crippen LogP contribution in [-0.2, 0) is 4.74 Å². The molecule has 0 atom stereocenters. The first-order chi connectivity index (χ1) is 12.8. The molecule has 3 aromatic rings. The van der Waals surface area contributed by atoms with E-state index in [9.17, 15) is 4.39 Å². The summed E-state index contributed by atoms with van der Waals surface area (Å²) in [6.45, 7) is 1.47. The van der Waals surface area contributed by atoms with Crippen LogP contribution in [0.15, 0.2) is 53.1 Å². The number of benzene rings is 2. The van der Waals surface area contributed by atoms with Crippen molar-refractivity contribution in [2.75, 3.05) is 13.2 Å². The van der Waals surface area contributed by atoms with Gasteiger partial charge in [-0.25, -0.2) is 4.39 Å². The average molecular weight is 348 g/mol. The number of hydrogen-bond donors (Lipinski definition) is 0. The lowest BCUT2D eigenvalue weighted by atomic mass is 10.0. The minimum atomic E-state index is -0.287. The Kier molecular flexibility index (Phi) is 4.76. The van der Waals surface area contributed by atoms with Gasteiger partial charge in [0, 0.05) is 35.8 Å². The quantitative estimate of drug-likeness (QED) is 0.652. The molecule has 0 radical (unpaired) electrons. The highest BCUT2D eigenvalue weighted by atomic mass is 19.1. The summed E-state index contributed by atoms with van der Waals surface area (Å²) >= 11 is 0. The SMILES string of the molecule is Fc1cccc(C#Cc2ccc(-c3noc(C4CCOCC4)n3)cc2)c1. The van der Waals surface area contributed by atoms with E-state index in [1.165, 1.54) is 12.1 Å². The smallest absolute Gasteiger partial charge is 0.230 e. The van der Waals surface area contributed by atoms with Crippen LogP contribution in [0.2, 0.25) is 0 Å². The number of rotatable bonds is 2. The summed E-state index contributed by atoms with van der Waals surface area (Å²) in [6, 6.07) is 13.9. The van der Waals surface area contributed by atoms with Crippen LogP contribution < -0.4 is 0 Å². The third-order valence-corrected chi connectivity index (χ3v) is 4.33. The van der Waals surface area contributed by atoms with E-state index in [-0.39, 0.29) is 11.7 Å². The van der Waals surface area contributed by atoms with Crippen molar-refractivity contribution in [3.05, 3.63) is 71.4 Å². The molecule has 0 saturated carbocycles. The zero-order valence-electron chi connectivity index (χ0n) is 14.1. The van der Waals surface area contributed by atoms with E-state index in [0.717, 1.165) is 37.2 Å². The molecule has 5 heteroatoms. The summed E-state index contributed by atoms with van der Waals surface area (Å²) in [6.07, 6.45) is 1.83. The number of nitrogens with zero attached hydrogens (tertiary/aromatic N) is 2. The molecule has 0 aliphatic carbocycles. The Labute approximate surface area is 151 Å². The second-order valence-electron chi connectivity index (χ2n) is 6.18. The van der Waals surface area contributed by atoms with Gasteiger partial charge in [0.1, 0.15) is 5.82 Å². The molecule has 2 aromatic carbocycles. The van der Waals surface area contributed by atoms with E-state index >= 15 is 0 Å². The first-order valence-corrected chi connectivity index (χ1v) is 8.57. The summed E-state index contributed by atoms with van der Waals surface area (Å²) in [5.41, 5.74) is 2.36. The highest BCUT2D eigenvalue weighted by Gasteiger charge is 2.22. The number of aromatic nitrogens is 2. The second kappa shape index (κ2) is 7.51. The van der Waals surface area contributed by atoms with Crippen LogP contribution in [0.5, 0.6) is 0 Å². The van der Waals surface area contributed by atoms with Gasteiger partial charge in [0.15, 0.2) is 0 Å². The first kappa shape index (κ1) is 16.5. The molecule has 1 aliphatic rings. The highest BCUT2D eigenvalue weighted by Crippen LogP contribution is 2.27. The molecule has 0 N–H and O–H groups in total. The van der Waals surface area contributed by atoms with Gasteiger partial charge >= 0.3 is 0 Å². The van der Waals surface area contributed by atoms with Gasteiger partial charge < -0.3 is 9.26 Å². The Bertz CT molecular complexity index is 948. The maximum absolute atomic E-state index is 13.2. The van der Waals surface area contributed by atoms with Crippen LogP contribution >= 0.6 is 0 Å². The average Bonchev–Trinajstić information content (AvgIpc) is 3.18. The van der Waals surface area contributed by atoms with Crippen LogP contribution in [0, 0.1) is 17.7 Å². The summed E-state index contributed by atoms with van der Waals surface area (Å²) < 4.78 is 24.0. The van der Waals surface area contributed by atoms with Crippen molar-refractivity contribution in [3.8, 4) is 23.2 Å². The lowest BCUT2D eigenvalue weighted by molar-refractivity contribution is 0.0778. The van der Waals surface area contributed by atoms with E-state index < -0.39 is 0 Å². The van der Waals surface area contributed by atoms with E-state index in [1.54, 1.807) is 12.1 Å². The van der Waals surface area contributed by atoms with Gasteiger partial charge in [0.25, 0.3) is 0 Å². The van der Waals surface area contributed by atoms with Gasteiger partial charge in [-0.05, 0) is 55.3 Å². The van der Waals surface area contributed by atoms with Gasteiger partial charge in [-0.3, -0.25) is 0 Å². The Morgan fingerprint density at radius 3 is 2.50 bits per heavy atom. The lowest BCUT2D eigenvalue weighted by Gasteiger charge is -2.17. The standard InChI is InChI=1S/C21H17FN2O2/c22-19-3-1-2-16(14-19)5-4-15-6-8-17(9-7-15)20-23-21(26-24-20)18-10-12-25-13-11-18/h1-3,6-9,14,18H,10-13H2. The molecule has 1 aromatic heterocycles. The fourth-order valence-electron chi connectivity index (χ4n) is 2.88. The minimum Gasteiger partial charge on any atom is -0.381 e. The second-order valence-corrected chi connectivity index (χ2v) is 6.18. The minimum absolute atomic E-state index is 0.279. The molecule has 26 heavy (non-hydrogen) atoms. The molecule has 130 valence electrons. The number of ether oxygens (including phenoxy) is 1. The topological polar surface area (TPSA) is 48.2 Å². The Hall–Kier alpha value is -2.97. The van der Waals surface area contributed by atoms with Crippen LogP contribution in [0.4, 0.5) is 4.39 Å². The van der Waals surface area contributed by atoms with Gasteiger partial charge in [-0.1, -0.05) is 23.1 Å². The lowest BCUT2D eigenvalue weighted by Crippen LogP contribution is -2.14. The zero-order chi connectivity index (χ0) is 17.8. The van der Waals surface area contributed by atoms with Crippen LogP contribution in [-0.4, -0.2) is 23.4 Å². The molecular weight excluding hydrogens is 331 g/mol. The molecule has 1 saturated heterocycles. The molecule has 1 aliphatic heterocycles. The van der Waals surface area contributed by atoms with Crippen molar-refractivity contribution in [1.29, 1.82) is 0 Å². The van der Waals surface area contributed by atoms with Crippen molar-refractivity contribution in [3.63, 3.8) is 0 Å². The van der Waals surface area contributed by atoms with E-state index in [1.807, 2.05) is 24.3 Å². The molecule has 0 bridgehead atoms. The van der Waals surface area contributed by atoms with Gasteiger partial charge in [-0.15, -0.1) is 0 Å². The van der Waals surface area contributed by atoms with E-state index in [2.05, 4.69) is 22.0 Å². The predicted octanol–water partition coefficient (Wildman–Crippen LogP) is 4.17. The van der Waals surface area contributed by atoms with Gasteiger partial charge in [-0.2, -0.15) is 4.98 Å².